The highest BCUT2D eigenvalue weighted by Gasteiger charge is 2.21. The largest absolute Gasteiger partial charge is 0.378 e. The molecule has 1 amide bonds. The summed E-state index contributed by atoms with van der Waals surface area (Å²) in [5, 5.41) is 0. The minimum absolute atomic E-state index is 0.248. The number of anilines is 2. The zero-order valence-corrected chi connectivity index (χ0v) is 17.2. The second-order valence-corrected chi connectivity index (χ2v) is 7.83. The van der Waals surface area contributed by atoms with Crippen molar-refractivity contribution in [3.8, 4) is 0 Å². The SMILES string of the molecule is Cc1ccc(N2CCN(C(=O)CCc3ccnc(N4CCOCC4)c3)CC2)cc1. The average Bonchev–Trinajstić information content (AvgIpc) is 2.79. The van der Waals surface area contributed by atoms with Crippen molar-refractivity contribution in [3.63, 3.8) is 0 Å². The molecule has 1 aromatic heterocycles. The molecule has 2 aliphatic heterocycles. The molecular weight excluding hydrogens is 364 g/mol. The topological polar surface area (TPSA) is 48.9 Å². The lowest BCUT2D eigenvalue weighted by atomic mass is 10.1. The van der Waals surface area contributed by atoms with Gasteiger partial charge in [0.05, 0.1) is 13.2 Å². The summed E-state index contributed by atoms with van der Waals surface area (Å²) in [4.78, 5) is 23.8. The van der Waals surface area contributed by atoms with E-state index < -0.39 is 0 Å². The average molecular weight is 395 g/mol. The molecule has 154 valence electrons. The minimum atomic E-state index is 0.248. The maximum Gasteiger partial charge on any atom is 0.223 e. The number of ether oxygens (including phenoxy) is 1. The van der Waals surface area contributed by atoms with Crippen LogP contribution >= 0.6 is 0 Å². The molecule has 29 heavy (non-hydrogen) atoms. The molecule has 2 aliphatic rings. The Hall–Kier alpha value is -2.60. The zero-order valence-electron chi connectivity index (χ0n) is 17.2. The molecule has 6 nitrogen and oxygen atoms in total. The number of morpholine rings is 1. The smallest absolute Gasteiger partial charge is 0.223 e. The lowest BCUT2D eigenvalue weighted by Crippen LogP contribution is -2.48. The van der Waals surface area contributed by atoms with Gasteiger partial charge < -0.3 is 19.4 Å². The van der Waals surface area contributed by atoms with Crippen molar-refractivity contribution >= 4 is 17.4 Å². The third-order valence-corrected chi connectivity index (χ3v) is 5.80. The third-order valence-electron chi connectivity index (χ3n) is 5.80. The summed E-state index contributed by atoms with van der Waals surface area (Å²) < 4.78 is 5.42. The fraction of sp³-hybridized carbons (Fsp3) is 0.478. The standard InChI is InChI=1S/C23H30N4O2/c1-19-2-5-21(6-3-19)25-10-12-27(13-11-25)23(28)7-4-20-8-9-24-22(18-20)26-14-16-29-17-15-26/h2-3,5-6,8-9,18H,4,7,10-17H2,1H3. The summed E-state index contributed by atoms with van der Waals surface area (Å²) in [5.41, 5.74) is 3.69. The fourth-order valence-electron chi connectivity index (χ4n) is 3.96. The van der Waals surface area contributed by atoms with E-state index in [4.69, 9.17) is 4.74 Å². The van der Waals surface area contributed by atoms with Gasteiger partial charge in [-0.05, 0) is 43.2 Å². The first-order valence-electron chi connectivity index (χ1n) is 10.6. The van der Waals surface area contributed by atoms with Crippen LogP contribution in [0.1, 0.15) is 17.5 Å². The van der Waals surface area contributed by atoms with Gasteiger partial charge in [0.1, 0.15) is 5.82 Å². The fourth-order valence-corrected chi connectivity index (χ4v) is 3.96. The Kier molecular flexibility index (Phi) is 6.30. The number of amides is 1. The highest BCUT2D eigenvalue weighted by atomic mass is 16.5. The van der Waals surface area contributed by atoms with Crippen LogP contribution in [0.5, 0.6) is 0 Å². The molecule has 0 unspecified atom stereocenters. The minimum Gasteiger partial charge on any atom is -0.378 e. The molecule has 0 N–H and O–H groups in total. The number of piperazine rings is 1. The molecule has 0 aliphatic carbocycles. The van der Waals surface area contributed by atoms with Crippen molar-refractivity contribution in [2.75, 3.05) is 62.3 Å². The second kappa shape index (κ2) is 9.27. The molecule has 2 fully saturated rings. The maximum absolute atomic E-state index is 12.7. The van der Waals surface area contributed by atoms with Gasteiger partial charge in [0.2, 0.25) is 5.91 Å². The molecule has 0 saturated carbocycles. The Bertz CT molecular complexity index is 810. The summed E-state index contributed by atoms with van der Waals surface area (Å²) >= 11 is 0. The van der Waals surface area contributed by atoms with Crippen molar-refractivity contribution in [1.82, 2.24) is 9.88 Å². The second-order valence-electron chi connectivity index (χ2n) is 7.83. The van der Waals surface area contributed by atoms with Gasteiger partial charge in [-0.25, -0.2) is 4.98 Å². The lowest BCUT2D eigenvalue weighted by Gasteiger charge is -2.36. The van der Waals surface area contributed by atoms with Gasteiger partial charge in [-0.3, -0.25) is 4.79 Å². The van der Waals surface area contributed by atoms with Crippen LogP contribution in [0.15, 0.2) is 42.6 Å². The van der Waals surface area contributed by atoms with E-state index >= 15 is 0 Å². The number of hydrogen-bond donors (Lipinski definition) is 0. The van der Waals surface area contributed by atoms with Gasteiger partial charge in [-0.15, -0.1) is 0 Å². The van der Waals surface area contributed by atoms with E-state index in [1.807, 2.05) is 17.2 Å². The molecule has 2 saturated heterocycles. The molecule has 0 spiro atoms. The van der Waals surface area contributed by atoms with E-state index in [2.05, 4.69) is 52.0 Å². The van der Waals surface area contributed by atoms with Crippen LogP contribution in [-0.4, -0.2) is 68.3 Å². The van der Waals surface area contributed by atoms with Crippen LogP contribution in [0.3, 0.4) is 0 Å². The van der Waals surface area contributed by atoms with Crippen LogP contribution in [0, 0.1) is 6.92 Å². The Labute approximate surface area is 173 Å². The molecule has 0 radical (unpaired) electrons. The van der Waals surface area contributed by atoms with Crippen LogP contribution in [0.25, 0.3) is 0 Å². The molecule has 3 heterocycles. The van der Waals surface area contributed by atoms with Crippen molar-refractivity contribution in [3.05, 3.63) is 53.7 Å². The number of hydrogen-bond acceptors (Lipinski definition) is 5. The van der Waals surface area contributed by atoms with Crippen LogP contribution in [0.4, 0.5) is 11.5 Å². The van der Waals surface area contributed by atoms with E-state index in [1.165, 1.54) is 16.8 Å². The molecule has 2 aromatic rings. The van der Waals surface area contributed by atoms with Crippen LogP contribution in [-0.2, 0) is 16.0 Å². The third kappa shape index (κ3) is 5.07. The van der Waals surface area contributed by atoms with Crippen LogP contribution in [0.2, 0.25) is 0 Å². The summed E-state index contributed by atoms with van der Waals surface area (Å²) in [6, 6.07) is 12.8. The first-order valence-corrected chi connectivity index (χ1v) is 10.6. The highest BCUT2D eigenvalue weighted by molar-refractivity contribution is 5.77. The van der Waals surface area contributed by atoms with Crippen molar-refractivity contribution in [1.29, 1.82) is 0 Å². The number of carbonyl (C=O) groups is 1. The van der Waals surface area contributed by atoms with E-state index in [1.54, 1.807) is 0 Å². The number of aryl methyl sites for hydroxylation is 2. The normalized spacial score (nSPS) is 17.5. The van der Waals surface area contributed by atoms with Gasteiger partial charge in [-0.1, -0.05) is 17.7 Å². The Balaban J connectivity index is 1.26. The summed E-state index contributed by atoms with van der Waals surface area (Å²) in [6.07, 6.45) is 3.17. The summed E-state index contributed by atoms with van der Waals surface area (Å²) in [5.74, 6) is 1.24. The van der Waals surface area contributed by atoms with E-state index in [-0.39, 0.29) is 5.91 Å². The quantitative estimate of drug-likeness (QED) is 0.780. The van der Waals surface area contributed by atoms with Crippen molar-refractivity contribution in [2.45, 2.75) is 19.8 Å². The van der Waals surface area contributed by atoms with Crippen molar-refractivity contribution < 1.29 is 9.53 Å². The summed E-state index contributed by atoms with van der Waals surface area (Å²) in [7, 11) is 0. The monoisotopic (exact) mass is 394 g/mol. The van der Waals surface area contributed by atoms with Gasteiger partial charge >= 0.3 is 0 Å². The predicted molar refractivity (Wildman–Crippen MR) is 116 cm³/mol. The maximum atomic E-state index is 12.7. The predicted octanol–water partition coefficient (Wildman–Crippen LogP) is 2.51. The van der Waals surface area contributed by atoms with E-state index in [9.17, 15) is 4.79 Å². The molecule has 1 aromatic carbocycles. The number of rotatable bonds is 5. The highest BCUT2D eigenvalue weighted by Crippen LogP contribution is 2.19. The van der Waals surface area contributed by atoms with Gasteiger partial charge in [-0.2, -0.15) is 0 Å². The van der Waals surface area contributed by atoms with Gasteiger partial charge in [0, 0.05) is 57.6 Å². The number of pyridine rings is 1. The first kappa shape index (κ1) is 19.7. The summed E-state index contributed by atoms with van der Waals surface area (Å²) in [6.45, 7) is 8.73. The Morgan fingerprint density at radius 3 is 2.41 bits per heavy atom. The lowest BCUT2D eigenvalue weighted by molar-refractivity contribution is -0.131. The molecule has 6 heteroatoms. The Morgan fingerprint density at radius 2 is 1.69 bits per heavy atom. The number of nitrogens with zero attached hydrogens (tertiary/aromatic N) is 4. The molecular formula is C23H30N4O2. The zero-order chi connectivity index (χ0) is 20.1. The van der Waals surface area contributed by atoms with Gasteiger partial charge in [0.15, 0.2) is 0 Å². The van der Waals surface area contributed by atoms with Crippen LogP contribution < -0.4 is 9.80 Å². The number of benzene rings is 1. The first-order chi connectivity index (χ1) is 14.2. The van der Waals surface area contributed by atoms with Gasteiger partial charge in [0.25, 0.3) is 0 Å². The number of aromatic nitrogens is 1. The molecule has 4 rings (SSSR count). The van der Waals surface area contributed by atoms with E-state index in [0.717, 1.165) is 64.7 Å². The van der Waals surface area contributed by atoms with E-state index in [0.29, 0.717) is 6.42 Å². The molecule has 0 atom stereocenters. The number of carbonyl (C=O) groups excluding carboxylic acids is 1. The Morgan fingerprint density at radius 1 is 0.966 bits per heavy atom. The van der Waals surface area contributed by atoms with Crippen molar-refractivity contribution in [2.24, 2.45) is 0 Å². The molecule has 0 bridgehead atoms.